The lowest BCUT2D eigenvalue weighted by atomic mass is 9.96. The Labute approximate surface area is 343 Å². The highest BCUT2D eigenvalue weighted by atomic mass is 32.1. The minimum Gasteiger partial charge on any atom is -0.247 e. The second-order valence-corrected chi connectivity index (χ2v) is 16.1. The number of rotatable bonds is 5. The fourth-order valence-electron chi connectivity index (χ4n) is 8.49. The highest BCUT2D eigenvalue weighted by Crippen LogP contribution is 2.43. The van der Waals surface area contributed by atoms with Crippen LogP contribution in [-0.4, -0.2) is 19.9 Å². The van der Waals surface area contributed by atoms with Crippen LogP contribution >= 0.6 is 11.3 Å². The largest absolute Gasteiger partial charge is 0.247 e. The molecule has 0 radical (unpaired) electrons. The van der Waals surface area contributed by atoms with Crippen LogP contribution in [0.3, 0.4) is 0 Å². The summed E-state index contributed by atoms with van der Waals surface area (Å²) < 4.78 is 2.62. The van der Waals surface area contributed by atoms with E-state index in [0.717, 1.165) is 55.4 Å². The molecule has 0 fully saturated rings. The summed E-state index contributed by atoms with van der Waals surface area (Å²) >= 11 is 1.87. The third kappa shape index (κ3) is 5.74. The summed E-state index contributed by atoms with van der Waals surface area (Å²) in [6.45, 7) is 0. The third-order valence-corrected chi connectivity index (χ3v) is 12.7. The molecule has 0 saturated carbocycles. The number of hydrogen-bond acceptors (Lipinski definition) is 5. The molecule has 3 aromatic heterocycles. The van der Waals surface area contributed by atoms with Gasteiger partial charge in [-0.05, 0) is 56.9 Å². The van der Waals surface area contributed by atoms with Crippen LogP contribution in [0.15, 0.2) is 194 Å². The van der Waals surface area contributed by atoms with Crippen LogP contribution in [0.5, 0.6) is 0 Å². The van der Waals surface area contributed by atoms with Crippen molar-refractivity contribution in [1.82, 2.24) is 19.9 Å². The SMILES string of the molecule is c1ccc2cc(-c3nc(-c4ccc(-c5ccc(-c6nc7ccccc7c7c6ccc6c8ccccc8sc67)cc5)cc4)nc(-c4ccc5ccccc5c4)n3)ccc2c1. The summed E-state index contributed by atoms with van der Waals surface area (Å²) in [6.07, 6.45) is 0. The van der Waals surface area contributed by atoms with Gasteiger partial charge in [-0.2, -0.15) is 0 Å². The van der Waals surface area contributed by atoms with Crippen LogP contribution < -0.4 is 0 Å². The molecule has 0 saturated heterocycles. The number of thiophene rings is 1. The van der Waals surface area contributed by atoms with Crippen molar-refractivity contribution in [3.05, 3.63) is 194 Å². The highest BCUT2D eigenvalue weighted by molar-refractivity contribution is 7.26. The lowest BCUT2D eigenvalue weighted by molar-refractivity contribution is 1.08. The molecule has 5 heteroatoms. The van der Waals surface area contributed by atoms with Crippen LogP contribution in [-0.2, 0) is 0 Å². The van der Waals surface area contributed by atoms with Crippen molar-refractivity contribution in [2.75, 3.05) is 0 Å². The number of fused-ring (bicyclic) bond motifs is 9. The van der Waals surface area contributed by atoms with Crippen LogP contribution in [0, 0.1) is 0 Å². The number of aromatic nitrogens is 4. The number of hydrogen-bond donors (Lipinski definition) is 0. The molecule has 0 aliphatic rings. The Morgan fingerprint density at radius 2 is 0.780 bits per heavy atom. The second kappa shape index (κ2) is 13.5. The van der Waals surface area contributed by atoms with Gasteiger partial charge in [-0.3, -0.25) is 0 Å². The summed E-state index contributed by atoms with van der Waals surface area (Å²) in [5, 5.41) is 10.9. The molecule has 9 aromatic carbocycles. The lowest BCUT2D eigenvalue weighted by Crippen LogP contribution is -2.00. The first-order chi connectivity index (χ1) is 29.2. The van der Waals surface area contributed by atoms with Gasteiger partial charge in [0.25, 0.3) is 0 Å². The van der Waals surface area contributed by atoms with Crippen molar-refractivity contribution >= 4 is 74.7 Å². The first kappa shape index (κ1) is 33.5. The second-order valence-electron chi connectivity index (χ2n) is 15.0. The molecule has 0 aliphatic heterocycles. The highest BCUT2D eigenvalue weighted by Gasteiger charge is 2.17. The molecule has 0 atom stereocenters. The fourth-order valence-corrected chi connectivity index (χ4v) is 9.75. The van der Waals surface area contributed by atoms with Gasteiger partial charge in [-0.25, -0.2) is 19.9 Å². The molecule has 0 spiro atoms. The van der Waals surface area contributed by atoms with Crippen LogP contribution in [0.4, 0.5) is 0 Å². The molecule has 0 bridgehead atoms. The summed E-state index contributed by atoms with van der Waals surface area (Å²) in [5.74, 6) is 1.92. The molecule has 0 N–H and O–H groups in total. The van der Waals surface area contributed by atoms with E-state index in [9.17, 15) is 0 Å². The molecule has 0 unspecified atom stereocenters. The molecule has 59 heavy (non-hydrogen) atoms. The van der Waals surface area contributed by atoms with E-state index in [2.05, 4.69) is 194 Å². The van der Waals surface area contributed by atoms with Crippen molar-refractivity contribution in [1.29, 1.82) is 0 Å². The molecule has 3 heterocycles. The van der Waals surface area contributed by atoms with E-state index in [4.69, 9.17) is 19.9 Å². The van der Waals surface area contributed by atoms with E-state index >= 15 is 0 Å². The maximum Gasteiger partial charge on any atom is 0.164 e. The number of nitrogens with zero attached hydrogens (tertiary/aromatic N) is 4. The molecule has 12 aromatic rings. The molecule has 12 rings (SSSR count). The van der Waals surface area contributed by atoms with Crippen LogP contribution in [0.1, 0.15) is 0 Å². The van der Waals surface area contributed by atoms with E-state index in [1.54, 1.807) is 0 Å². The zero-order valence-corrected chi connectivity index (χ0v) is 32.5. The third-order valence-electron chi connectivity index (χ3n) is 11.5. The molecule has 0 amide bonds. The van der Waals surface area contributed by atoms with Gasteiger partial charge in [0.1, 0.15) is 0 Å². The normalized spacial score (nSPS) is 11.7. The first-order valence-corrected chi connectivity index (χ1v) is 20.6. The van der Waals surface area contributed by atoms with Crippen molar-refractivity contribution in [2.24, 2.45) is 0 Å². The van der Waals surface area contributed by atoms with Crippen molar-refractivity contribution in [3.8, 4) is 56.5 Å². The van der Waals surface area contributed by atoms with E-state index in [1.807, 2.05) is 11.3 Å². The average molecular weight is 769 g/mol. The Balaban J connectivity index is 0.922. The number of benzene rings is 9. The van der Waals surface area contributed by atoms with Gasteiger partial charge < -0.3 is 0 Å². The van der Waals surface area contributed by atoms with Gasteiger partial charge in [0.2, 0.25) is 0 Å². The smallest absolute Gasteiger partial charge is 0.164 e. The summed E-state index contributed by atoms with van der Waals surface area (Å²) in [7, 11) is 0. The van der Waals surface area contributed by atoms with Crippen molar-refractivity contribution in [3.63, 3.8) is 0 Å². The molecular weight excluding hydrogens is 737 g/mol. The minimum atomic E-state index is 0.634. The van der Waals surface area contributed by atoms with E-state index < -0.39 is 0 Å². The monoisotopic (exact) mass is 768 g/mol. The van der Waals surface area contributed by atoms with E-state index in [-0.39, 0.29) is 0 Å². The van der Waals surface area contributed by atoms with Crippen molar-refractivity contribution < 1.29 is 0 Å². The van der Waals surface area contributed by atoms with Crippen molar-refractivity contribution in [2.45, 2.75) is 0 Å². The minimum absolute atomic E-state index is 0.634. The Bertz CT molecular complexity index is 3510. The van der Waals surface area contributed by atoms with Gasteiger partial charge in [-0.15, -0.1) is 11.3 Å². The Hall–Kier alpha value is -7.60. The topological polar surface area (TPSA) is 51.6 Å². The van der Waals surface area contributed by atoms with Gasteiger partial charge >= 0.3 is 0 Å². The number of pyridine rings is 1. The average Bonchev–Trinajstić information content (AvgIpc) is 3.70. The van der Waals surface area contributed by atoms with Crippen LogP contribution in [0.2, 0.25) is 0 Å². The maximum atomic E-state index is 5.26. The van der Waals surface area contributed by atoms with E-state index in [1.165, 1.54) is 47.1 Å². The van der Waals surface area contributed by atoms with Gasteiger partial charge in [0.05, 0.1) is 11.2 Å². The maximum absolute atomic E-state index is 5.26. The predicted molar refractivity (Wildman–Crippen MR) is 248 cm³/mol. The summed E-state index contributed by atoms with van der Waals surface area (Å²) in [5.41, 5.74) is 8.17. The number of para-hydroxylation sites is 1. The fraction of sp³-hybridized carbons (Fsp3) is 0. The molecule has 274 valence electrons. The first-order valence-electron chi connectivity index (χ1n) is 19.8. The molecule has 4 nitrogen and oxygen atoms in total. The standard InChI is InChI=1S/C54H32N4S/c1-3-11-39-31-41(27-21-33(39)9-1)53-56-52(57-54(58-53)42-28-22-34-10-2-4-12-40(34)32-42)38-25-19-36(20-26-38)35-17-23-37(24-18-35)50-46-30-29-44-43-13-6-8-16-48(43)59-51(44)49(46)45-14-5-7-15-47(45)55-50/h1-32H. The Morgan fingerprint density at radius 1 is 0.305 bits per heavy atom. The zero-order chi connectivity index (χ0) is 38.9. The van der Waals surface area contributed by atoms with Gasteiger partial charge in [-0.1, -0.05) is 170 Å². The Kier molecular flexibility index (Phi) is 7.68. The van der Waals surface area contributed by atoms with Gasteiger partial charge in [0.15, 0.2) is 17.5 Å². The molecule has 0 aliphatic carbocycles. The summed E-state index contributed by atoms with van der Waals surface area (Å²) in [4.78, 5) is 20.4. The quantitative estimate of drug-likeness (QED) is 0.164. The zero-order valence-electron chi connectivity index (χ0n) is 31.7. The summed E-state index contributed by atoms with van der Waals surface area (Å²) in [6, 6.07) is 68.6. The lowest BCUT2D eigenvalue weighted by Gasteiger charge is -2.12. The predicted octanol–water partition coefficient (Wildman–Crippen LogP) is 14.6. The van der Waals surface area contributed by atoms with Crippen LogP contribution in [0.25, 0.3) is 120 Å². The molecular formula is C54H32N4S. The van der Waals surface area contributed by atoms with E-state index in [0.29, 0.717) is 17.5 Å². The Morgan fingerprint density at radius 3 is 1.42 bits per heavy atom. The van der Waals surface area contributed by atoms with Gasteiger partial charge in [0, 0.05) is 58.6 Å².